The van der Waals surface area contributed by atoms with Crippen LogP contribution in [-0.2, 0) is 26.3 Å². The fourth-order valence-electron chi connectivity index (χ4n) is 2.62. The largest absolute Gasteiger partial charge is 0.382 e. The van der Waals surface area contributed by atoms with Crippen LogP contribution in [0.15, 0.2) is 6.20 Å². The summed E-state index contributed by atoms with van der Waals surface area (Å²) in [5, 5.41) is 8.92. The number of rotatable bonds is 2. The molecular formula is C12H17N5. The molecule has 0 bridgehead atoms. The molecule has 17 heavy (non-hydrogen) atoms. The van der Waals surface area contributed by atoms with Crippen molar-refractivity contribution in [2.24, 2.45) is 7.05 Å². The van der Waals surface area contributed by atoms with Gasteiger partial charge in [0.2, 0.25) is 0 Å². The minimum atomic E-state index is 0.684. The number of hydrogen-bond acceptors (Lipinski definition) is 3. The molecule has 90 valence electrons. The summed E-state index contributed by atoms with van der Waals surface area (Å²) in [7, 11) is 1.94. The van der Waals surface area contributed by atoms with Gasteiger partial charge in [-0.2, -0.15) is 10.2 Å². The molecule has 2 aromatic rings. The molecule has 1 aliphatic rings. The number of aryl methyl sites for hydroxylation is 2. The third-order valence-electron chi connectivity index (χ3n) is 3.41. The molecule has 2 heterocycles. The van der Waals surface area contributed by atoms with Crippen molar-refractivity contribution in [3.63, 3.8) is 0 Å². The molecule has 2 N–H and O–H groups in total. The van der Waals surface area contributed by atoms with Gasteiger partial charge in [0, 0.05) is 18.3 Å². The number of hydrogen-bond donors (Lipinski definition) is 1. The smallest absolute Gasteiger partial charge is 0.149 e. The Bertz CT molecular complexity index is 564. The zero-order valence-electron chi connectivity index (χ0n) is 10.3. The second-order valence-electron chi connectivity index (χ2n) is 4.56. The van der Waals surface area contributed by atoms with Crippen molar-refractivity contribution in [1.82, 2.24) is 19.6 Å². The molecule has 0 amide bonds. The summed E-state index contributed by atoms with van der Waals surface area (Å²) in [5.41, 5.74) is 10.6. The van der Waals surface area contributed by atoms with Crippen LogP contribution in [0, 0.1) is 0 Å². The van der Waals surface area contributed by atoms with Crippen molar-refractivity contribution in [2.45, 2.75) is 32.6 Å². The fraction of sp³-hybridized carbons (Fsp3) is 0.500. The van der Waals surface area contributed by atoms with E-state index in [2.05, 4.69) is 17.1 Å². The summed E-state index contributed by atoms with van der Waals surface area (Å²) in [5.74, 6) is 0.684. The summed E-state index contributed by atoms with van der Waals surface area (Å²) in [6, 6.07) is 0. The first-order valence-corrected chi connectivity index (χ1v) is 6.09. The van der Waals surface area contributed by atoms with Crippen LogP contribution in [0.1, 0.15) is 30.3 Å². The number of aromatic nitrogens is 4. The van der Waals surface area contributed by atoms with Crippen LogP contribution in [0.3, 0.4) is 0 Å². The molecule has 0 saturated heterocycles. The normalized spacial score (nSPS) is 14.2. The first-order chi connectivity index (χ1) is 8.20. The average molecular weight is 231 g/mol. The first kappa shape index (κ1) is 10.4. The lowest BCUT2D eigenvalue weighted by atomic mass is 10.2. The van der Waals surface area contributed by atoms with Crippen molar-refractivity contribution in [3.8, 4) is 5.69 Å². The van der Waals surface area contributed by atoms with E-state index in [1.807, 2.05) is 22.6 Å². The molecule has 3 rings (SSSR count). The monoisotopic (exact) mass is 231 g/mol. The molecule has 1 aliphatic carbocycles. The van der Waals surface area contributed by atoms with Gasteiger partial charge in [-0.1, -0.05) is 6.92 Å². The summed E-state index contributed by atoms with van der Waals surface area (Å²) in [6.07, 6.45) is 6.23. The van der Waals surface area contributed by atoms with Gasteiger partial charge >= 0.3 is 0 Å². The van der Waals surface area contributed by atoms with Crippen LogP contribution in [0.2, 0.25) is 0 Å². The Morgan fingerprint density at radius 1 is 1.35 bits per heavy atom. The van der Waals surface area contributed by atoms with Gasteiger partial charge in [-0.3, -0.25) is 4.68 Å². The van der Waals surface area contributed by atoms with Crippen LogP contribution in [0.4, 0.5) is 5.82 Å². The molecule has 0 aromatic carbocycles. The Balaban J connectivity index is 2.18. The van der Waals surface area contributed by atoms with Gasteiger partial charge in [-0.25, -0.2) is 4.68 Å². The Labute approximate surface area is 100 Å². The first-order valence-electron chi connectivity index (χ1n) is 6.09. The van der Waals surface area contributed by atoms with E-state index in [0.717, 1.165) is 30.6 Å². The Kier molecular flexibility index (Phi) is 2.21. The highest BCUT2D eigenvalue weighted by molar-refractivity contribution is 5.49. The van der Waals surface area contributed by atoms with E-state index in [4.69, 9.17) is 5.73 Å². The lowest BCUT2D eigenvalue weighted by Crippen LogP contribution is -2.03. The summed E-state index contributed by atoms with van der Waals surface area (Å²) in [6.45, 7) is 2.11. The number of nitrogens with two attached hydrogens (primary N) is 1. The summed E-state index contributed by atoms with van der Waals surface area (Å²) < 4.78 is 3.83. The van der Waals surface area contributed by atoms with Crippen molar-refractivity contribution in [3.05, 3.63) is 23.1 Å². The van der Waals surface area contributed by atoms with E-state index in [1.54, 1.807) is 0 Å². The van der Waals surface area contributed by atoms with Crippen LogP contribution in [0.5, 0.6) is 0 Å². The number of fused-ring (bicyclic) bond motifs is 1. The van der Waals surface area contributed by atoms with Gasteiger partial charge in [0.1, 0.15) is 11.5 Å². The van der Waals surface area contributed by atoms with Crippen molar-refractivity contribution in [1.29, 1.82) is 0 Å². The standard InChI is InChI=1S/C12H17N5/c1-3-9-11(7-16(2)14-9)17-10-6-4-5-8(10)12(13)15-17/h7H,3-6H2,1-2H3,(H2,13,15). The van der Waals surface area contributed by atoms with Crippen LogP contribution in [-0.4, -0.2) is 19.6 Å². The molecule has 0 aliphatic heterocycles. The Morgan fingerprint density at radius 3 is 2.94 bits per heavy atom. The number of nitrogen functional groups attached to an aromatic ring is 1. The van der Waals surface area contributed by atoms with Gasteiger partial charge in [0.25, 0.3) is 0 Å². The summed E-state index contributed by atoms with van der Waals surface area (Å²) >= 11 is 0. The zero-order chi connectivity index (χ0) is 12.0. The van der Waals surface area contributed by atoms with Gasteiger partial charge in [-0.05, 0) is 25.7 Å². The maximum atomic E-state index is 5.97. The van der Waals surface area contributed by atoms with Crippen LogP contribution < -0.4 is 5.73 Å². The highest BCUT2D eigenvalue weighted by Crippen LogP contribution is 2.29. The molecule has 0 fully saturated rings. The minimum Gasteiger partial charge on any atom is -0.382 e. The predicted molar refractivity (Wildman–Crippen MR) is 66.1 cm³/mol. The fourth-order valence-corrected chi connectivity index (χ4v) is 2.62. The Hall–Kier alpha value is -1.78. The molecular weight excluding hydrogens is 214 g/mol. The average Bonchev–Trinajstić information content (AvgIpc) is 2.95. The van der Waals surface area contributed by atoms with E-state index in [-0.39, 0.29) is 0 Å². The van der Waals surface area contributed by atoms with E-state index < -0.39 is 0 Å². The molecule has 0 spiro atoms. The van der Waals surface area contributed by atoms with Gasteiger partial charge in [0.05, 0.1) is 11.9 Å². The highest BCUT2D eigenvalue weighted by atomic mass is 15.4. The quantitative estimate of drug-likeness (QED) is 0.845. The second kappa shape index (κ2) is 3.61. The molecule has 0 radical (unpaired) electrons. The van der Waals surface area contributed by atoms with Crippen molar-refractivity contribution >= 4 is 5.82 Å². The Morgan fingerprint density at radius 2 is 2.18 bits per heavy atom. The lowest BCUT2D eigenvalue weighted by molar-refractivity contribution is 0.746. The molecule has 2 aromatic heterocycles. The third-order valence-corrected chi connectivity index (χ3v) is 3.41. The lowest BCUT2D eigenvalue weighted by Gasteiger charge is -2.03. The van der Waals surface area contributed by atoms with Crippen LogP contribution in [0.25, 0.3) is 5.69 Å². The maximum Gasteiger partial charge on any atom is 0.149 e. The van der Waals surface area contributed by atoms with Crippen molar-refractivity contribution in [2.75, 3.05) is 5.73 Å². The maximum absolute atomic E-state index is 5.97. The molecule has 0 unspecified atom stereocenters. The number of anilines is 1. The molecule has 0 saturated carbocycles. The van der Waals surface area contributed by atoms with Crippen LogP contribution >= 0.6 is 0 Å². The van der Waals surface area contributed by atoms with E-state index in [1.165, 1.54) is 17.7 Å². The second-order valence-corrected chi connectivity index (χ2v) is 4.56. The zero-order valence-corrected chi connectivity index (χ0v) is 10.3. The van der Waals surface area contributed by atoms with Gasteiger partial charge in [0.15, 0.2) is 0 Å². The van der Waals surface area contributed by atoms with E-state index in [0.29, 0.717) is 5.82 Å². The van der Waals surface area contributed by atoms with Gasteiger partial charge < -0.3 is 5.73 Å². The molecule has 0 atom stereocenters. The summed E-state index contributed by atoms with van der Waals surface area (Å²) in [4.78, 5) is 0. The minimum absolute atomic E-state index is 0.684. The van der Waals surface area contributed by atoms with Gasteiger partial charge in [-0.15, -0.1) is 0 Å². The topological polar surface area (TPSA) is 61.7 Å². The third kappa shape index (κ3) is 1.45. The SMILES string of the molecule is CCc1nn(C)cc1-n1nc(N)c2c1CCC2. The predicted octanol–water partition coefficient (Wildman–Crippen LogP) is 1.24. The van der Waals surface area contributed by atoms with Crippen molar-refractivity contribution < 1.29 is 0 Å². The van der Waals surface area contributed by atoms with E-state index >= 15 is 0 Å². The van der Waals surface area contributed by atoms with E-state index in [9.17, 15) is 0 Å². The highest BCUT2D eigenvalue weighted by Gasteiger charge is 2.23. The number of nitrogens with zero attached hydrogens (tertiary/aromatic N) is 4. The molecule has 5 heteroatoms. The molecule has 5 nitrogen and oxygen atoms in total.